The van der Waals surface area contributed by atoms with Gasteiger partial charge >= 0.3 is 0 Å². The summed E-state index contributed by atoms with van der Waals surface area (Å²) in [7, 11) is 0. The zero-order chi connectivity index (χ0) is 33.5. The molecule has 5 nitrogen and oxygen atoms in total. The minimum absolute atomic E-state index is 0.574. The second kappa shape index (κ2) is 10.9. The van der Waals surface area contributed by atoms with Crippen LogP contribution in [0.25, 0.3) is 98.2 Å². The van der Waals surface area contributed by atoms with E-state index in [9.17, 15) is 0 Å². The Balaban J connectivity index is 1.27. The van der Waals surface area contributed by atoms with E-state index in [0.717, 1.165) is 49.5 Å². The molecule has 11 aromatic rings. The third-order valence-corrected chi connectivity index (χ3v) is 11.2. The molecule has 0 bridgehead atoms. The highest BCUT2D eigenvalue weighted by Gasteiger charge is 2.22. The molecule has 0 spiro atoms. The fraction of sp³-hybridized carbons (Fsp3) is 0. The SMILES string of the molecule is c1ccc(-c2ccc3c4ccccc4n(-c4nc(-c5ccccc5)nc(-n5c6ccccc6c6ccc7c8ccccc8sc7c65)n4)c3c2)cc1. The molecule has 0 amide bonds. The number of benzene rings is 7. The maximum absolute atomic E-state index is 5.42. The van der Waals surface area contributed by atoms with Crippen LogP contribution in [0.3, 0.4) is 0 Å². The van der Waals surface area contributed by atoms with Crippen molar-refractivity contribution in [2.24, 2.45) is 0 Å². The minimum atomic E-state index is 0.574. The van der Waals surface area contributed by atoms with Crippen LogP contribution in [0.5, 0.6) is 0 Å². The fourth-order valence-corrected chi connectivity index (χ4v) is 8.95. The predicted octanol–water partition coefficient (Wildman–Crippen LogP) is 11.8. The van der Waals surface area contributed by atoms with Gasteiger partial charge in [-0.1, -0.05) is 140 Å². The second-order valence-electron chi connectivity index (χ2n) is 12.9. The molecule has 6 heteroatoms. The maximum Gasteiger partial charge on any atom is 0.240 e. The molecule has 0 unspecified atom stereocenters. The van der Waals surface area contributed by atoms with Gasteiger partial charge < -0.3 is 0 Å². The van der Waals surface area contributed by atoms with E-state index in [1.165, 1.54) is 30.9 Å². The first kappa shape index (κ1) is 28.2. The van der Waals surface area contributed by atoms with Crippen molar-refractivity contribution in [3.8, 4) is 34.4 Å². The third kappa shape index (κ3) is 4.24. The highest BCUT2D eigenvalue weighted by atomic mass is 32.1. The largest absolute Gasteiger partial charge is 0.278 e. The smallest absolute Gasteiger partial charge is 0.240 e. The third-order valence-electron chi connectivity index (χ3n) is 10.0. The first-order valence-electron chi connectivity index (χ1n) is 17.0. The number of para-hydroxylation sites is 2. The van der Waals surface area contributed by atoms with E-state index in [2.05, 4.69) is 155 Å². The molecular formula is C45H27N5S. The lowest BCUT2D eigenvalue weighted by Crippen LogP contribution is -2.10. The van der Waals surface area contributed by atoms with Gasteiger partial charge in [-0.2, -0.15) is 15.0 Å². The first-order valence-corrected chi connectivity index (χ1v) is 17.9. The Morgan fingerprint density at radius 1 is 0.373 bits per heavy atom. The van der Waals surface area contributed by atoms with Crippen molar-refractivity contribution in [2.45, 2.75) is 0 Å². The highest BCUT2D eigenvalue weighted by molar-refractivity contribution is 7.26. The topological polar surface area (TPSA) is 48.5 Å². The average Bonchev–Trinajstić information content (AvgIpc) is 3.86. The normalized spacial score (nSPS) is 11.9. The molecule has 0 aliphatic heterocycles. The zero-order valence-corrected chi connectivity index (χ0v) is 28.0. The van der Waals surface area contributed by atoms with Crippen molar-refractivity contribution >= 4 is 75.1 Å². The lowest BCUT2D eigenvalue weighted by atomic mass is 10.0. The average molecular weight is 670 g/mol. The Kier molecular flexibility index (Phi) is 6.05. The van der Waals surface area contributed by atoms with E-state index in [4.69, 9.17) is 15.0 Å². The minimum Gasteiger partial charge on any atom is -0.278 e. The van der Waals surface area contributed by atoms with Crippen LogP contribution in [0, 0.1) is 0 Å². The number of fused-ring (bicyclic) bond motifs is 10. The molecule has 0 fully saturated rings. The van der Waals surface area contributed by atoms with Crippen molar-refractivity contribution in [1.82, 2.24) is 24.1 Å². The number of nitrogens with zero attached hydrogens (tertiary/aromatic N) is 5. The van der Waals surface area contributed by atoms with Crippen LogP contribution in [-0.2, 0) is 0 Å². The van der Waals surface area contributed by atoms with E-state index in [-0.39, 0.29) is 0 Å². The van der Waals surface area contributed by atoms with Gasteiger partial charge in [0.2, 0.25) is 11.9 Å². The van der Waals surface area contributed by atoms with Crippen molar-refractivity contribution in [2.75, 3.05) is 0 Å². The van der Waals surface area contributed by atoms with Crippen molar-refractivity contribution < 1.29 is 0 Å². The van der Waals surface area contributed by atoms with E-state index < -0.39 is 0 Å². The van der Waals surface area contributed by atoms with Crippen LogP contribution in [0.1, 0.15) is 0 Å². The van der Waals surface area contributed by atoms with Crippen LogP contribution >= 0.6 is 11.3 Å². The van der Waals surface area contributed by atoms with Gasteiger partial charge in [0.15, 0.2) is 5.82 Å². The summed E-state index contributed by atoms with van der Waals surface area (Å²) in [4.78, 5) is 15.9. The van der Waals surface area contributed by atoms with Crippen molar-refractivity contribution in [1.29, 1.82) is 0 Å². The number of rotatable bonds is 4. The Morgan fingerprint density at radius 2 is 0.922 bits per heavy atom. The van der Waals surface area contributed by atoms with Gasteiger partial charge in [0, 0.05) is 42.6 Å². The molecule has 0 aliphatic carbocycles. The summed E-state index contributed by atoms with van der Waals surface area (Å²) in [5.74, 6) is 1.78. The van der Waals surface area contributed by atoms with Crippen LogP contribution in [0.15, 0.2) is 164 Å². The molecule has 0 radical (unpaired) electrons. The Morgan fingerprint density at radius 3 is 1.69 bits per heavy atom. The fourth-order valence-electron chi connectivity index (χ4n) is 7.70. The van der Waals surface area contributed by atoms with Crippen molar-refractivity contribution in [3.63, 3.8) is 0 Å². The molecule has 0 saturated carbocycles. The number of hydrogen-bond acceptors (Lipinski definition) is 4. The standard InChI is InChI=1S/C45H27N5S/c1-3-13-28(14-4-1)30-23-24-33-31-17-7-10-20-37(31)49(39(33)27-30)44-46-43(29-15-5-2-6-16-29)47-45(48-44)50-38-21-11-8-18-32(38)35-25-26-36-34-19-9-12-22-40(34)51-42(36)41(35)50/h1-27H. The lowest BCUT2D eigenvalue weighted by molar-refractivity contribution is 0.894. The Labute approximate surface area is 296 Å². The molecule has 238 valence electrons. The van der Waals surface area contributed by atoms with Crippen LogP contribution in [-0.4, -0.2) is 24.1 Å². The molecule has 4 heterocycles. The van der Waals surface area contributed by atoms with E-state index in [1.54, 1.807) is 0 Å². The summed E-state index contributed by atoms with van der Waals surface area (Å²) in [6.45, 7) is 0. The maximum atomic E-state index is 5.42. The Hall–Kier alpha value is -6.63. The second-order valence-corrected chi connectivity index (χ2v) is 13.9. The molecule has 0 N–H and O–H groups in total. The van der Waals surface area contributed by atoms with Gasteiger partial charge in [-0.15, -0.1) is 11.3 Å². The summed E-state index contributed by atoms with van der Waals surface area (Å²) in [5, 5.41) is 7.14. The zero-order valence-electron chi connectivity index (χ0n) is 27.2. The summed E-state index contributed by atoms with van der Waals surface area (Å²) < 4.78 is 6.94. The highest BCUT2D eigenvalue weighted by Crippen LogP contribution is 2.43. The van der Waals surface area contributed by atoms with Gasteiger partial charge in [0.1, 0.15) is 0 Å². The van der Waals surface area contributed by atoms with E-state index in [1.807, 2.05) is 29.5 Å². The number of aromatic nitrogens is 5. The quantitative estimate of drug-likeness (QED) is 0.187. The number of hydrogen-bond donors (Lipinski definition) is 0. The van der Waals surface area contributed by atoms with Crippen LogP contribution in [0.4, 0.5) is 0 Å². The van der Waals surface area contributed by atoms with Gasteiger partial charge in [0.25, 0.3) is 0 Å². The predicted molar refractivity (Wildman–Crippen MR) is 212 cm³/mol. The molecular weight excluding hydrogens is 643 g/mol. The molecule has 0 atom stereocenters. The number of thiophene rings is 1. The molecule has 51 heavy (non-hydrogen) atoms. The van der Waals surface area contributed by atoms with Gasteiger partial charge in [0.05, 0.1) is 26.8 Å². The molecule has 4 aromatic heterocycles. The van der Waals surface area contributed by atoms with Crippen molar-refractivity contribution in [3.05, 3.63) is 164 Å². The van der Waals surface area contributed by atoms with Gasteiger partial charge in [-0.25, -0.2) is 0 Å². The van der Waals surface area contributed by atoms with E-state index in [0.29, 0.717) is 17.7 Å². The summed E-state index contributed by atoms with van der Waals surface area (Å²) >= 11 is 1.82. The molecule has 0 aliphatic rings. The van der Waals surface area contributed by atoms with Gasteiger partial charge in [-0.3, -0.25) is 9.13 Å². The van der Waals surface area contributed by atoms with Gasteiger partial charge in [-0.05, 0) is 35.4 Å². The lowest BCUT2D eigenvalue weighted by Gasteiger charge is -2.13. The molecule has 11 rings (SSSR count). The summed E-state index contributed by atoms with van der Waals surface area (Å²) in [5.41, 5.74) is 7.49. The molecule has 7 aromatic carbocycles. The van der Waals surface area contributed by atoms with Crippen LogP contribution in [0.2, 0.25) is 0 Å². The summed E-state index contributed by atoms with van der Waals surface area (Å²) in [6.07, 6.45) is 0. The first-order chi connectivity index (χ1) is 25.3. The Bertz CT molecular complexity index is 3140. The molecule has 0 saturated heterocycles. The summed E-state index contributed by atoms with van der Waals surface area (Å²) in [6, 6.07) is 57.7. The monoisotopic (exact) mass is 669 g/mol. The van der Waals surface area contributed by atoms with E-state index >= 15 is 0 Å². The van der Waals surface area contributed by atoms with Crippen LogP contribution < -0.4 is 0 Å².